The van der Waals surface area contributed by atoms with Gasteiger partial charge in [0.15, 0.2) is 5.78 Å². The second-order valence-electron chi connectivity index (χ2n) is 9.05. The zero-order valence-corrected chi connectivity index (χ0v) is 18.1. The number of carbonyl (C=O) groups excluding carboxylic acids is 1. The van der Waals surface area contributed by atoms with Gasteiger partial charge in [-0.05, 0) is 41.0 Å². The van der Waals surface area contributed by atoms with Gasteiger partial charge >= 0.3 is 7.60 Å². The van der Waals surface area contributed by atoms with E-state index in [1.807, 2.05) is 53.7 Å². The number of benzene rings is 1. The van der Waals surface area contributed by atoms with E-state index in [0.717, 1.165) is 16.7 Å². The number of phenolic OH excluding ortho intramolecular Hbond substituents is 1. The minimum Gasteiger partial charge on any atom is -0.507 e. The van der Waals surface area contributed by atoms with Crippen molar-refractivity contribution in [3.05, 3.63) is 34.9 Å². The summed E-state index contributed by atoms with van der Waals surface area (Å²) in [4.78, 5) is 12.3. The molecule has 2 rings (SSSR count). The van der Waals surface area contributed by atoms with Crippen LogP contribution in [0.1, 0.15) is 64.7 Å². The second-order valence-corrected chi connectivity index (χ2v) is 11.1. The van der Waals surface area contributed by atoms with Crippen LogP contribution in [0.5, 0.6) is 5.75 Å². The average molecular weight is 394 g/mol. The molecule has 0 radical (unpaired) electrons. The Morgan fingerprint density at radius 1 is 1.07 bits per heavy atom. The monoisotopic (exact) mass is 394 g/mol. The van der Waals surface area contributed by atoms with Crippen molar-refractivity contribution < 1.29 is 23.5 Å². The van der Waals surface area contributed by atoms with Gasteiger partial charge in [-0.2, -0.15) is 0 Å². The Bertz CT molecular complexity index is 736. The van der Waals surface area contributed by atoms with E-state index in [-0.39, 0.29) is 22.8 Å². The fraction of sp³-hybridized carbons (Fsp3) is 0.571. The van der Waals surface area contributed by atoms with E-state index in [1.54, 1.807) is 6.08 Å². The molecule has 1 heterocycles. The van der Waals surface area contributed by atoms with Crippen molar-refractivity contribution in [2.24, 2.45) is 0 Å². The Morgan fingerprint density at radius 3 is 2.00 bits per heavy atom. The Labute approximate surface area is 162 Å². The molecule has 1 saturated heterocycles. The summed E-state index contributed by atoms with van der Waals surface area (Å²) in [6, 6.07) is 3.79. The van der Waals surface area contributed by atoms with E-state index < -0.39 is 7.60 Å². The summed E-state index contributed by atoms with van der Waals surface area (Å²) >= 11 is 0. The largest absolute Gasteiger partial charge is 0.507 e. The number of ketones is 1. The Balaban J connectivity index is 2.31. The molecule has 150 valence electrons. The highest BCUT2D eigenvalue weighted by Crippen LogP contribution is 2.50. The molecule has 0 saturated carbocycles. The third-order valence-corrected chi connectivity index (χ3v) is 6.27. The first kappa shape index (κ1) is 21.9. The van der Waals surface area contributed by atoms with E-state index >= 15 is 0 Å². The van der Waals surface area contributed by atoms with Crippen LogP contribution in [0.25, 0.3) is 6.08 Å². The van der Waals surface area contributed by atoms with Gasteiger partial charge in [0.05, 0.1) is 13.2 Å². The first-order chi connectivity index (χ1) is 12.3. The normalized spacial score (nSPS) is 18.0. The smallest absolute Gasteiger partial charge is 0.338 e. The van der Waals surface area contributed by atoms with Crippen LogP contribution in [0.2, 0.25) is 0 Å². The number of rotatable bonds is 4. The quantitative estimate of drug-likeness (QED) is 0.561. The maximum atomic E-state index is 12.3. The van der Waals surface area contributed by atoms with Crippen molar-refractivity contribution in [2.75, 3.05) is 19.4 Å². The number of allylic oxidation sites excluding steroid dienone is 1. The van der Waals surface area contributed by atoms with E-state index in [0.29, 0.717) is 25.4 Å². The van der Waals surface area contributed by atoms with Gasteiger partial charge in [0, 0.05) is 11.1 Å². The summed E-state index contributed by atoms with van der Waals surface area (Å²) in [7, 11) is -3.31. The highest BCUT2D eigenvalue weighted by molar-refractivity contribution is 7.55. The molecule has 0 amide bonds. The van der Waals surface area contributed by atoms with Crippen molar-refractivity contribution in [2.45, 2.75) is 58.8 Å². The lowest BCUT2D eigenvalue weighted by Crippen LogP contribution is -2.17. The SMILES string of the molecule is CC(C)(C)c1cc(C=CC(=O)CP2(=O)OCCCO2)cc(C(C)(C)C)c1O. The predicted octanol–water partition coefficient (Wildman–Crippen LogP) is 5.20. The molecule has 0 unspecified atom stereocenters. The molecule has 5 nitrogen and oxygen atoms in total. The number of hydrogen-bond acceptors (Lipinski definition) is 5. The summed E-state index contributed by atoms with van der Waals surface area (Å²) in [6.07, 6.45) is 3.54. The number of aromatic hydroxyl groups is 1. The van der Waals surface area contributed by atoms with Crippen LogP contribution in [0.15, 0.2) is 18.2 Å². The van der Waals surface area contributed by atoms with E-state index in [9.17, 15) is 14.5 Å². The van der Waals surface area contributed by atoms with Gasteiger partial charge in [0.1, 0.15) is 11.9 Å². The topological polar surface area (TPSA) is 72.8 Å². The summed E-state index contributed by atoms with van der Waals surface area (Å²) in [5, 5.41) is 10.8. The molecular weight excluding hydrogens is 363 g/mol. The second kappa shape index (κ2) is 7.90. The summed E-state index contributed by atoms with van der Waals surface area (Å²) in [5.74, 6) is -0.00477. The third kappa shape index (κ3) is 5.78. The zero-order valence-electron chi connectivity index (χ0n) is 17.2. The minimum atomic E-state index is -3.31. The van der Waals surface area contributed by atoms with Crippen LogP contribution < -0.4 is 0 Å². The molecule has 0 spiro atoms. The lowest BCUT2D eigenvalue weighted by Gasteiger charge is -2.27. The summed E-state index contributed by atoms with van der Waals surface area (Å²) in [6.45, 7) is 12.9. The molecule has 0 aliphatic carbocycles. The molecule has 0 aromatic heterocycles. The van der Waals surface area contributed by atoms with Crippen LogP contribution in [-0.4, -0.2) is 30.3 Å². The summed E-state index contributed by atoms with van der Waals surface area (Å²) < 4.78 is 22.7. The standard InChI is InChI=1S/C21H31O5P/c1-20(2,3)17-12-15(13-18(19(17)23)21(4,5)6)8-9-16(22)14-27(24)25-10-7-11-26-27/h8-9,12-13,23H,7,10-11,14H2,1-6H3. The van der Waals surface area contributed by atoms with Crippen LogP contribution in [0.4, 0.5) is 0 Å². The van der Waals surface area contributed by atoms with Gasteiger partial charge in [-0.3, -0.25) is 9.36 Å². The predicted molar refractivity (Wildman–Crippen MR) is 109 cm³/mol. The molecule has 6 heteroatoms. The lowest BCUT2D eigenvalue weighted by atomic mass is 9.78. The van der Waals surface area contributed by atoms with Crippen molar-refractivity contribution in [3.63, 3.8) is 0 Å². The minimum absolute atomic E-state index is 0.244. The van der Waals surface area contributed by atoms with Crippen LogP contribution in [-0.2, 0) is 29.2 Å². The lowest BCUT2D eigenvalue weighted by molar-refractivity contribution is -0.112. The Hall–Kier alpha value is -1.42. The molecule has 1 N–H and O–H groups in total. The molecular formula is C21H31O5P. The molecule has 27 heavy (non-hydrogen) atoms. The van der Waals surface area contributed by atoms with Crippen LogP contribution in [0, 0.1) is 0 Å². The van der Waals surface area contributed by atoms with Crippen molar-refractivity contribution in [1.29, 1.82) is 0 Å². The first-order valence-corrected chi connectivity index (χ1v) is 11.0. The van der Waals surface area contributed by atoms with Gasteiger partial charge in [-0.1, -0.05) is 47.6 Å². The molecule has 0 bridgehead atoms. The number of carbonyl (C=O) groups is 1. The van der Waals surface area contributed by atoms with Gasteiger partial charge < -0.3 is 14.2 Å². The highest BCUT2D eigenvalue weighted by Gasteiger charge is 2.30. The molecule has 1 aliphatic heterocycles. The fourth-order valence-corrected chi connectivity index (χ4v) is 4.48. The zero-order chi connectivity index (χ0) is 20.5. The maximum absolute atomic E-state index is 12.3. The van der Waals surface area contributed by atoms with Gasteiger partial charge in [-0.25, -0.2) is 0 Å². The van der Waals surface area contributed by atoms with E-state index in [1.165, 1.54) is 6.08 Å². The number of phenols is 1. The van der Waals surface area contributed by atoms with Gasteiger partial charge in [0.25, 0.3) is 0 Å². The van der Waals surface area contributed by atoms with Gasteiger partial charge in [0.2, 0.25) is 0 Å². The Kier molecular flexibility index (Phi) is 6.40. The van der Waals surface area contributed by atoms with Gasteiger partial charge in [-0.15, -0.1) is 0 Å². The van der Waals surface area contributed by atoms with Crippen LogP contribution >= 0.6 is 7.60 Å². The third-order valence-electron chi connectivity index (χ3n) is 4.42. The van der Waals surface area contributed by atoms with Crippen molar-refractivity contribution in [3.8, 4) is 5.75 Å². The molecule has 1 aromatic rings. The first-order valence-electron chi connectivity index (χ1n) is 9.29. The highest BCUT2D eigenvalue weighted by atomic mass is 31.2. The molecule has 1 aromatic carbocycles. The van der Waals surface area contributed by atoms with Crippen molar-refractivity contribution in [1.82, 2.24) is 0 Å². The fourth-order valence-electron chi connectivity index (χ4n) is 2.92. The van der Waals surface area contributed by atoms with E-state index in [2.05, 4.69) is 0 Å². The van der Waals surface area contributed by atoms with Crippen molar-refractivity contribution >= 4 is 19.5 Å². The molecule has 1 aliphatic rings. The van der Waals surface area contributed by atoms with Crippen LogP contribution in [0.3, 0.4) is 0 Å². The molecule has 0 atom stereocenters. The molecule has 1 fully saturated rings. The maximum Gasteiger partial charge on any atom is 0.338 e. The average Bonchev–Trinajstić information content (AvgIpc) is 2.51. The number of hydrogen-bond donors (Lipinski definition) is 1. The Morgan fingerprint density at radius 2 is 1.56 bits per heavy atom. The van der Waals surface area contributed by atoms with E-state index in [4.69, 9.17) is 9.05 Å². The summed E-state index contributed by atoms with van der Waals surface area (Å²) in [5.41, 5.74) is 1.99.